The molecule has 1 rings (SSSR count). The molecule has 1 aliphatic heterocycles. The van der Waals surface area contributed by atoms with Gasteiger partial charge in [0.1, 0.15) is 6.10 Å². The smallest absolute Gasteiger partial charge is 0.294 e. The number of piperidine rings is 1. The van der Waals surface area contributed by atoms with Crippen molar-refractivity contribution in [2.75, 3.05) is 19.6 Å². The third-order valence-electron chi connectivity index (χ3n) is 2.22. The van der Waals surface area contributed by atoms with Crippen LogP contribution in [-0.2, 0) is 4.84 Å². The van der Waals surface area contributed by atoms with Gasteiger partial charge in [0, 0.05) is 13.1 Å². The number of likely N-dealkylation sites (tertiary alicyclic amines) is 1. The molecule has 0 bridgehead atoms. The topological polar surface area (TPSA) is 55.6 Å². The summed E-state index contributed by atoms with van der Waals surface area (Å²) < 4.78 is 0. The fraction of sp³-hybridized carbons (Fsp3) is 1.00. The Morgan fingerprint density at radius 1 is 1.58 bits per heavy atom. The Morgan fingerprint density at radius 2 is 2.17 bits per heavy atom. The SMILES string of the molecule is CCN1CCC(O[N+](=O)[O-])CC1. The molecule has 0 atom stereocenters. The van der Waals surface area contributed by atoms with Gasteiger partial charge < -0.3 is 9.74 Å². The molecule has 0 unspecified atom stereocenters. The van der Waals surface area contributed by atoms with Gasteiger partial charge in [-0.25, -0.2) is 0 Å². The Kier molecular flexibility index (Phi) is 3.28. The Balaban J connectivity index is 2.21. The van der Waals surface area contributed by atoms with Crippen molar-refractivity contribution in [1.29, 1.82) is 0 Å². The standard InChI is InChI=1S/C7H14N2O3/c1-2-8-5-3-7(4-6-8)12-9(10)11/h7H,2-6H2,1H3. The van der Waals surface area contributed by atoms with Crippen molar-refractivity contribution in [3.05, 3.63) is 10.1 Å². The van der Waals surface area contributed by atoms with Gasteiger partial charge in [0.25, 0.3) is 5.09 Å². The summed E-state index contributed by atoms with van der Waals surface area (Å²) in [4.78, 5) is 16.7. The van der Waals surface area contributed by atoms with Gasteiger partial charge in [0.2, 0.25) is 0 Å². The van der Waals surface area contributed by atoms with E-state index in [0.717, 1.165) is 32.5 Å². The first-order valence-electron chi connectivity index (χ1n) is 4.26. The van der Waals surface area contributed by atoms with Crippen LogP contribution in [0.5, 0.6) is 0 Å². The molecule has 70 valence electrons. The summed E-state index contributed by atoms with van der Waals surface area (Å²) in [6.45, 7) is 4.93. The highest BCUT2D eigenvalue weighted by Crippen LogP contribution is 2.12. The van der Waals surface area contributed by atoms with E-state index >= 15 is 0 Å². The van der Waals surface area contributed by atoms with Crippen LogP contribution in [0.1, 0.15) is 19.8 Å². The highest BCUT2D eigenvalue weighted by Gasteiger charge is 2.20. The lowest BCUT2D eigenvalue weighted by Crippen LogP contribution is -2.37. The molecule has 1 fully saturated rings. The minimum Gasteiger partial charge on any atom is -0.310 e. The van der Waals surface area contributed by atoms with Crippen molar-refractivity contribution in [2.24, 2.45) is 0 Å². The third-order valence-corrected chi connectivity index (χ3v) is 2.22. The van der Waals surface area contributed by atoms with Gasteiger partial charge in [-0.15, -0.1) is 10.1 Å². The van der Waals surface area contributed by atoms with Crippen LogP contribution >= 0.6 is 0 Å². The lowest BCUT2D eigenvalue weighted by atomic mass is 10.1. The quantitative estimate of drug-likeness (QED) is 0.466. The maximum atomic E-state index is 9.99. The molecule has 12 heavy (non-hydrogen) atoms. The first kappa shape index (κ1) is 9.25. The van der Waals surface area contributed by atoms with Gasteiger partial charge >= 0.3 is 0 Å². The Morgan fingerprint density at radius 3 is 2.58 bits per heavy atom. The highest BCUT2D eigenvalue weighted by molar-refractivity contribution is 4.70. The number of nitrogens with zero attached hydrogens (tertiary/aromatic N) is 2. The maximum Gasteiger partial charge on any atom is 0.294 e. The summed E-state index contributed by atoms with van der Waals surface area (Å²) in [6, 6.07) is 0. The molecule has 1 aliphatic rings. The molecule has 0 radical (unpaired) electrons. The van der Waals surface area contributed by atoms with Gasteiger partial charge in [0.05, 0.1) is 0 Å². The average Bonchev–Trinajstić information content (AvgIpc) is 2.05. The van der Waals surface area contributed by atoms with Crippen molar-refractivity contribution in [3.8, 4) is 0 Å². The lowest BCUT2D eigenvalue weighted by Gasteiger charge is -2.29. The predicted octanol–water partition coefficient (Wildman–Crippen LogP) is 0.679. The van der Waals surface area contributed by atoms with Gasteiger partial charge in [-0.1, -0.05) is 6.92 Å². The third kappa shape index (κ3) is 2.65. The fourth-order valence-corrected chi connectivity index (χ4v) is 1.45. The van der Waals surface area contributed by atoms with E-state index in [1.807, 2.05) is 0 Å². The van der Waals surface area contributed by atoms with Crippen molar-refractivity contribution < 1.29 is 9.92 Å². The highest BCUT2D eigenvalue weighted by atomic mass is 17.0. The van der Waals surface area contributed by atoms with E-state index in [1.54, 1.807) is 0 Å². The second kappa shape index (κ2) is 4.25. The average molecular weight is 174 g/mol. The predicted molar refractivity (Wildman–Crippen MR) is 43.2 cm³/mol. The van der Waals surface area contributed by atoms with E-state index in [0.29, 0.717) is 0 Å². The minimum atomic E-state index is -0.688. The molecule has 0 aromatic carbocycles. The molecular weight excluding hydrogens is 160 g/mol. The fourth-order valence-electron chi connectivity index (χ4n) is 1.45. The molecule has 1 saturated heterocycles. The van der Waals surface area contributed by atoms with Crippen LogP contribution in [0, 0.1) is 10.1 Å². The maximum absolute atomic E-state index is 9.99. The molecule has 0 amide bonds. The molecule has 0 aliphatic carbocycles. The second-order valence-electron chi connectivity index (χ2n) is 2.96. The molecule has 0 aromatic heterocycles. The summed E-state index contributed by atoms with van der Waals surface area (Å²) in [5.41, 5.74) is 0. The Hall–Kier alpha value is -0.840. The largest absolute Gasteiger partial charge is 0.310 e. The molecule has 0 N–H and O–H groups in total. The van der Waals surface area contributed by atoms with Crippen molar-refractivity contribution in [1.82, 2.24) is 4.90 Å². The van der Waals surface area contributed by atoms with Crippen LogP contribution in [0.2, 0.25) is 0 Å². The van der Waals surface area contributed by atoms with E-state index in [4.69, 9.17) is 0 Å². The number of rotatable bonds is 3. The summed E-state index contributed by atoms with van der Waals surface area (Å²) in [5, 5.41) is 9.30. The van der Waals surface area contributed by atoms with E-state index in [9.17, 15) is 10.1 Å². The molecule has 5 nitrogen and oxygen atoms in total. The zero-order chi connectivity index (χ0) is 8.97. The van der Waals surface area contributed by atoms with E-state index in [1.165, 1.54) is 0 Å². The molecule has 5 heteroatoms. The minimum absolute atomic E-state index is 0.178. The van der Waals surface area contributed by atoms with Gasteiger partial charge in [-0.3, -0.25) is 0 Å². The number of hydrogen-bond donors (Lipinski definition) is 0. The summed E-state index contributed by atoms with van der Waals surface area (Å²) >= 11 is 0. The van der Waals surface area contributed by atoms with E-state index in [-0.39, 0.29) is 6.10 Å². The zero-order valence-corrected chi connectivity index (χ0v) is 7.23. The van der Waals surface area contributed by atoms with Crippen molar-refractivity contribution in [3.63, 3.8) is 0 Å². The molecular formula is C7H14N2O3. The first-order valence-corrected chi connectivity index (χ1v) is 4.26. The van der Waals surface area contributed by atoms with E-state index < -0.39 is 5.09 Å². The molecule has 1 heterocycles. The van der Waals surface area contributed by atoms with Crippen LogP contribution in [0.25, 0.3) is 0 Å². The molecule has 0 spiro atoms. The lowest BCUT2D eigenvalue weighted by molar-refractivity contribution is -0.769. The van der Waals surface area contributed by atoms with Crippen LogP contribution in [0.3, 0.4) is 0 Å². The Bertz CT molecular complexity index is 155. The van der Waals surface area contributed by atoms with Crippen molar-refractivity contribution in [2.45, 2.75) is 25.9 Å². The van der Waals surface area contributed by atoms with E-state index in [2.05, 4.69) is 16.7 Å². The van der Waals surface area contributed by atoms with Gasteiger partial charge in [-0.2, -0.15) is 0 Å². The summed E-state index contributed by atoms with van der Waals surface area (Å²) in [7, 11) is 0. The monoisotopic (exact) mass is 174 g/mol. The van der Waals surface area contributed by atoms with Gasteiger partial charge in [-0.05, 0) is 19.4 Å². The summed E-state index contributed by atoms with van der Waals surface area (Å²) in [5.74, 6) is 0. The normalized spacial score (nSPS) is 20.8. The van der Waals surface area contributed by atoms with Crippen LogP contribution in [-0.4, -0.2) is 35.7 Å². The van der Waals surface area contributed by atoms with Crippen LogP contribution in [0.15, 0.2) is 0 Å². The van der Waals surface area contributed by atoms with Crippen LogP contribution < -0.4 is 0 Å². The molecule has 0 saturated carbocycles. The molecule has 0 aromatic rings. The number of hydrogen-bond acceptors (Lipinski definition) is 4. The van der Waals surface area contributed by atoms with Gasteiger partial charge in [0.15, 0.2) is 0 Å². The Labute approximate surface area is 71.4 Å². The second-order valence-corrected chi connectivity index (χ2v) is 2.96. The summed E-state index contributed by atoms with van der Waals surface area (Å²) in [6.07, 6.45) is 1.37. The zero-order valence-electron chi connectivity index (χ0n) is 7.23. The van der Waals surface area contributed by atoms with Crippen LogP contribution in [0.4, 0.5) is 0 Å². The van der Waals surface area contributed by atoms with Crippen molar-refractivity contribution >= 4 is 0 Å². The first-order chi connectivity index (χ1) is 5.72.